The second-order valence-corrected chi connectivity index (χ2v) is 4.79. The molecule has 0 radical (unpaired) electrons. The van der Waals surface area contributed by atoms with Crippen molar-refractivity contribution in [1.82, 2.24) is 9.88 Å². The van der Waals surface area contributed by atoms with E-state index in [0.29, 0.717) is 5.88 Å². The molecule has 1 aliphatic rings. The molecule has 1 aromatic rings. The van der Waals surface area contributed by atoms with Crippen LogP contribution < -0.4 is 4.74 Å². The summed E-state index contributed by atoms with van der Waals surface area (Å²) in [6.45, 7) is 4.38. The van der Waals surface area contributed by atoms with Gasteiger partial charge in [0.25, 0.3) is 0 Å². The fourth-order valence-electron chi connectivity index (χ4n) is 2.41. The van der Waals surface area contributed by atoms with Crippen molar-refractivity contribution < 1.29 is 9.84 Å². The molecule has 4 heteroatoms. The summed E-state index contributed by atoms with van der Waals surface area (Å²) < 4.78 is 5.09. The van der Waals surface area contributed by atoms with Crippen LogP contribution in [0.3, 0.4) is 0 Å². The van der Waals surface area contributed by atoms with Gasteiger partial charge in [-0.15, -0.1) is 0 Å². The van der Waals surface area contributed by atoms with Gasteiger partial charge in [-0.1, -0.05) is 19.4 Å². The number of pyridine rings is 1. The lowest BCUT2D eigenvalue weighted by atomic mass is 9.89. The molecule has 0 aromatic carbocycles. The Morgan fingerprint density at radius 2 is 2.24 bits per heavy atom. The fourth-order valence-corrected chi connectivity index (χ4v) is 2.41. The van der Waals surface area contributed by atoms with Crippen LogP contribution in [0.5, 0.6) is 5.88 Å². The molecule has 0 amide bonds. The van der Waals surface area contributed by atoms with Crippen molar-refractivity contribution in [2.45, 2.75) is 31.9 Å². The van der Waals surface area contributed by atoms with Gasteiger partial charge in [0, 0.05) is 25.7 Å². The van der Waals surface area contributed by atoms with E-state index in [1.165, 1.54) is 0 Å². The molecule has 1 fully saturated rings. The number of hydrogen-bond donors (Lipinski definition) is 1. The van der Waals surface area contributed by atoms with Gasteiger partial charge in [-0.25, -0.2) is 4.98 Å². The molecule has 17 heavy (non-hydrogen) atoms. The monoisotopic (exact) mass is 236 g/mol. The SMILES string of the molecule is CCCC1(O)CN(Cc2cccc(OC)n2)C1. The van der Waals surface area contributed by atoms with Gasteiger partial charge < -0.3 is 9.84 Å². The number of rotatable bonds is 5. The maximum atomic E-state index is 10.1. The van der Waals surface area contributed by atoms with E-state index >= 15 is 0 Å². The Morgan fingerprint density at radius 1 is 1.47 bits per heavy atom. The summed E-state index contributed by atoms with van der Waals surface area (Å²) in [4.78, 5) is 6.57. The van der Waals surface area contributed by atoms with Crippen molar-refractivity contribution in [2.75, 3.05) is 20.2 Å². The predicted octanol–water partition coefficient (Wildman–Crippen LogP) is 1.44. The smallest absolute Gasteiger partial charge is 0.213 e. The van der Waals surface area contributed by atoms with Gasteiger partial charge in [-0.3, -0.25) is 4.90 Å². The molecule has 0 bridgehead atoms. The number of nitrogens with zero attached hydrogens (tertiary/aromatic N) is 2. The summed E-state index contributed by atoms with van der Waals surface area (Å²) >= 11 is 0. The molecule has 4 nitrogen and oxygen atoms in total. The number of hydrogen-bond acceptors (Lipinski definition) is 4. The molecule has 94 valence electrons. The lowest BCUT2D eigenvalue weighted by molar-refractivity contribution is -0.107. The van der Waals surface area contributed by atoms with E-state index < -0.39 is 5.60 Å². The summed E-state index contributed by atoms with van der Waals surface area (Å²) in [7, 11) is 1.62. The number of aromatic nitrogens is 1. The number of aliphatic hydroxyl groups is 1. The third-order valence-corrected chi connectivity index (χ3v) is 3.13. The molecule has 1 aromatic heterocycles. The molecular formula is C13H20N2O2. The Balaban J connectivity index is 1.87. The highest BCUT2D eigenvalue weighted by atomic mass is 16.5. The van der Waals surface area contributed by atoms with Crippen LogP contribution in [0.15, 0.2) is 18.2 Å². The van der Waals surface area contributed by atoms with Crippen molar-refractivity contribution in [3.8, 4) is 5.88 Å². The van der Waals surface area contributed by atoms with E-state index in [1.807, 2.05) is 18.2 Å². The van der Waals surface area contributed by atoms with Crippen molar-refractivity contribution in [3.05, 3.63) is 23.9 Å². The summed E-state index contributed by atoms with van der Waals surface area (Å²) in [6, 6.07) is 5.77. The minimum atomic E-state index is -0.465. The van der Waals surface area contributed by atoms with E-state index in [0.717, 1.165) is 38.2 Å². The van der Waals surface area contributed by atoms with E-state index in [1.54, 1.807) is 7.11 Å². The molecule has 0 aliphatic carbocycles. The normalized spacial score (nSPS) is 18.8. The van der Waals surface area contributed by atoms with Crippen LogP contribution in [-0.2, 0) is 6.54 Å². The highest BCUT2D eigenvalue weighted by Crippen LogP contribution is 2.27. The van der Waals surface area contributed by atoms with Gasteiger partial charge in [0.05, 0.1) is 18.4 Å². The van der Waals surface area contributed by atoms with Crippen molar-refractivity contribution >= 4 is 0 Å². The first-order valence-electron chi connectivity index (χ1n) is 6.10. The molecular weight excluding hydrogens is 216 g/mol. The largest absolute Gasteiger partial charge is 0.481 e. The van der Waals surface area contributed by atoms with Crippen LogP contribution in [0.1, 0.15) is 25.5 Å². The predicted molar refractivity (Wildman–Crippen MR) is 65.9 cm³/mol. The van der Waals surface area contributed by atoms with Crippen LogP contribution in [0.25, 0.3) is 0 Å². The second-order valence-electron chi connectivity index (χ2n) is 4.79. The van der Waals surface area contributed by atoms with Crippen molar-refractivity contribution in [1.29, 1.82) is 0 Å². The molecule has 2 rings (SSSR count). The molecule has 1 N–H and O–H groups in total. The lowest BCUT2D eigenvalue weighted by Gasteiger charge is -2.46. The zero-order valence-corrected chi connectivity index (χ0v) is 10.5. The standard InChI is InChI=1S/C13H20N2O2/c1-3-7-13(16)9-15(10-13)8-11-5-4-6-12(14-11)17-2/h4-6,16H,3,7-10H2,1-2H3. The van der Waals surface area contributed by atoms with E-state index in [-0.39, 0.29) is 0 Å². The molecule has 0 unspecified atom stereocenters. The second kappa shape index (κ2) is 5.02. The lowest BCUT2D eigenvalue weighted by Crippen LogP contribution is -2.61. The van der Waals surface area contributed by atoms with Gasteiger partial charge in [0.1, 0.15) is 0 Å². The molecule has 2 heterocycles. The summed E-state index contributed by atoms with van der Waals surface area (Å²) in [5, 5.41) is 10.1. The van der Waals surface area contributed by atoms with Crippen LogP contribution >= 0.6 is 0 Å². The Morgan fingerprint density at radius 3 is 2.88 bits per heavy atom. The van der Waals surface area contributed by atoms with Gasteiger partial charge >= 0.3 is 0 Å². The first-order chi connectivity index (χ1) is 8.15. The Labute approximate surface area is 102 Å². The summed E-state index contributed by atoms with van der Waals surface area (Å²) in [5.74, 6) is 0.645. The summed E-state index contributed by atoms with van der Waals surface area (Å²) in [6.07, 6.45) is 1.91. The minimum absolute atomic E-state index is 0.465. The first-order valence-corrected chi connectivity index (χ1v) is 6.10. The van der Waals surface area contributed by atoms with Gasteiger partial charge in [-0.05, 0) is 12.5 Å². The first kappa shape index (κ1) is 12.3. The molecule has 0 saturated carbocycles. The third kappa shape index (κ3) is 2.96. The third-order valence-electron chi connectivity index (χ3n) is 3.13. The quantitative estimate of drug-likeness (QED) is 0.840. The molecule has 1 saturated heterocycles. The highest BCUT2D eigenvalue weighted by Gasteiger charge is 2.39. The van der Waals surface area contributed by atoms with Gasteiger partial charge in [0.2, 0.25) is 5.88 Å². The zero-order valence-electron chi connectivity index (χ0n) is 10.5. The van der Waals surface area contributed by atoms with Crippen LogP contribution in [0.4, 0.5) is 0 Å². The maximum absolute atomic E-state index is 10.1. The van der Waals surface area contributed by atoms with E-state index in [4.69, 9.17) is 4.74 Å². The average molecular weight is 236 g/mol. The molecule has 1 aliphatic heterocycles. The fraction of sp³-hybridized carbons (Fsp3) is 0.615. The Hall–Kier alpha value is -1.13. The Bertz CT molecular complexity index is 375. The number of β-amino-alcohol motifs (C(OH)–C–C–N with tert-alkyl or cyclic N) is 1. The number of methoxy groups -OCH3 is 1. The van der Waals surface area contributed by atoms with Crippen molar-refractivity contribution in [2.24, 2.45) is 0 Å². The maximum Gasteiger partial charge on any atom is 0.213 e. The zero-order chi connectivity index (χ0) is 12.3. The molecule has 0 spiro atoms. The van der Waals surface area contributed by atoms with Crippen LogP contribution in [0, 0.1) is 0 Å². The van der Waals surface area contributed by atoms with Gasteiger partial charge in [0.15, 0.2) is 0 Å². The number of likely N-dealkylation sites (tertiary alicyclic amines) is 1. The van der Waals surface area contributed by atoms with Gasteiger partial charge in [-0.2, -0.15) is 0 Å². The topological polar surface area (TPSA) is 45.6 Å². The van der Waals surface area contributed by atoms with E-state index in [9.17, 15) is 5.11 Å². The van der Waals surface area contributed by atoms with Crippen LogP contribution in [-0.4, -0.2) is 40.8 Å². The Kier molecular flexibility index (Phi) is 3.64. The molecule has 0 atom stereocenters. The average Bonchev–Trinajstić information content (AvgIpc) is 2.28. The number of ether oxygens (including phenoxy) is 1. The highest BCUT2D eigenvalue weighted by molar-refractivity contribution is 5.16. The van der Waals surface area contributed by atoms with E-state index in [2.05, 4.69) is 16.8 Å². The minimum Gasteiger partial charge on any atom is -0.481 e. The summed E-state index contributed by atoms with van der Waals surface area (Å²) in [5.41, 5.74) is 0.524. The van der Waals surface area contributed by atoms with Crippen LogP contribution in [0.2, 0.25) is 0 Å². The van der Waals surface area contributed by atoms with Crippen molar-refractivity contribution in [3.63, 3.8) is 0 Å².